The van der Waals surface area contributed by atoms with Crippen molar-refractivity contribution in [3.8, 4) is 33.6 Å². The molecule has 2 amide bonds. The van der Waals surface area contributed by atoms with Crippen LogP contribution in [0.15, 0.2) is 54.9 Å². The van der Waals surface area contributed by atoms with Gasteiger partial charge < -0.3 is 24.3 Å². The topological polar surface area (TPSA) is 116 Å². The molecule has 10 nitrogen and oxygen atoms in total. The summed E-state index contributed by atoms with van der Waals surface area (Å²) in [5, 5.41) is 0. The van der Waals surface area contributed by atoms with Crippen molar-refractivity contribution in [2.75, 3.05) is 6.54 Å². The molecule has 0 fully saturated rings. The Hall–Kier alpha value is -4.67. The smallest absolute Gasteiger partial charge is 0.410 e. The van der Waals surface area contributed by atoms with Gasteiger partial charge in [-0.2, -0.15) is 0 Å². The van der Waals surface area contributed by atoms with Crippen LogP contribution in [-0.2, 0) is 22.6 Å². The van der Waals surface area contributed by atoms with Crippen molar-refractivity contribution in [1.29, 1.82) is 0 Å². The molecule has 1 atom stereocenters. The lowest BCUT2D eigenvalue weighted by atomic mass is 10.0. The summed E-state index contributed by atoms with van der Waals surface area (Å²) in [5.41, 5.74) is 2.82. The summed E-state index contributed by atoms with van der Waals surface area (Å²) >= 11 is 0. The maximum absolute atomic E-state index is 15.5. The van der Waals surface area contributed by atoms with E-state index in [1.807, 2.05) is 98.8 Å². The standard InChI is InChI=1S/C37H49FN6O4/c1-10-18-43(34(45)47-36(4,5)6)22-32-39-20-30(41-32)26-14-12-25(13-15-26)27-16-17-28(29(38)19-27)31-21-40-33(42-31)23-44(24(3)11-2)35(46)48-37(7,8)9/h12-17,19-21,24H,10-11,18,22-23H2,1-9H3,(H,39,41)(H,40,42)/t24-/m0/s1. The molecule has 2 heterocycles. The zero-order chi connectivity index (χ0) is 35.2. The lowest BCUT2D eigenvalue weighted by molar-refractivity contribution is 0.0146. The first kappa shape index (κ1) is 36.2. The molecule has 0 aliphatic carbocycles. The molecule has 48 heavy (non-hydrogen) atoms. The summed E-state index contributed by atoms with van der Waals surface area (Å²) in [6.07, 6.45) is 4.22. The lowest BCUT2D eigenvalue weighted by Crippen LogP contribution is -2.41. The largest absolute Gasteiger partial charge is 0.444 e. The van der Waals surface area contributed by atoms with Gasteiger partial charge in [0.25, 0.3) is 0 Å². The molecular formula is C37H49FN6O4. The van der Waals surface area contributed by atoms with E-state index in [1.165, 1.54) is 6.07 Å². The van der Waals surface area contributed by atoms with Crippen LogP contribution in [0.2, 0.25) is 0 Å². The molecule has 2 N–H and O–H groups in total. The fraction of sp³-hybridized carbons (Fsp3) is 0.459. The van der Waals surface area contributed by atoms with E-state index in [0.29, 0.717) is 36.0 Å². The van der Waals surface area contributed by atoms with Gasteiger partial charge in [-0.05, 0) is 84.6 Å². The number of rotatable bonds is 11. The van der Waals surface area contributed by atoms with E-state index in [9.17, 15) is 9.59 Å². The molecule has 0 spiro atoms. The Balaban J connectivity index is 1.45. The Morgan fingerprint density at radius 1 is 0.792 bits per heavy atom. The number of H-pyrrole nitrogens is 2. The molecule has 0 aliphatic heterocycles. The van der Waals surface area contributed by atoms with Crippen LogP contribution in [0.4, 0.5) is 14.0 Å². The van der Waals surface area contributed by atoms with Crippen LogP contribution in [0.3, 0.4) is 0 Å². The van der Waals surface area contributed by atoms with E-state index in [2.05, 4.69) is 15.0 Å². The minimum absolute atomic E-state index is 0.0637. The third-order valence-corrected chi connectivity index (χ3v) is 7.58. The predicted octanol–water partition coefficient (Wildman–Crippen LogP) is 8.96. The average Bonchev–Trinajstić information content (AvgIpc) is 3.67. The van der Waals surface area contributed by atoms with Gasteiger partial charge in [0.2, 0.25) is 0 Å². The molecule has 0 saturated carbocycles. The third kappa shape index (κ3) is 9.68. The van der Waals surface area contributed by atoms with Crippen LogP contribution in [0.5, 0.6) is 0 Å². The number of carbonyl (C=O) groups is 2. The summed E-state index contributed by atoms with van der Waals surface area (Å²) in [7, 11) is 0. The third-order valence-electron chi connectivity index (χ3n) is 7.58. The van der Waals surface area contributed by atoms with E-state index < -0.39 is 23.1 Å². The van der Waals surface area contributed by atoms with Gasteiger partial charge in [0.1, 0.15) is 28.7 Å². The molecule has 2 aromatic carbocycles. The Morgan fingerprint density at radius 2 is 1.33 bits per heavy atom. The highest BCUT2D eigenvalue weighted by molar-refractivity contribution is 5.72. The fourth-order valence-electron chi connectivity index (χ4n) is 5.02. The first-order valence-corrected chi connectivity index (χ1v) is 16.5. The van der Waals surface area contributed by atoms with Gasteiger partial charge in [0.15, 0.2) is 0 Å². The minimum atomic E-state index is -0.619. The lowest BCUT2D eigenvalue weighted by Gasteiger charge is -2.30. The van der Waals surface area contributed by atoms with Crippen LogP contribution in [0.25, 0.3) is 33.6 Å². The Bertz CT molecular complexity index is 1680. The number of nitrogens with zero attached hydrogens (tertiary/aromatic N) is 4. The molecule has 4 rings (SSSR count). The minimum Gasteiger partial charge on any atom is -0.444 e. The van der Waals surface area contributed by atoms with Crippen molar-refractivity contribution < 1.29 is 23.5 Å². The van der Waals surface area contributed by atoms with Crippen LogP contribution in [0, 0.1) is 5.82 Å². The van der Waals surface area contributed by atoms with Gasteiger partial charge in [-0.15, -0.1) is 0 Å². The summed E-state index contributed by atoms with van der Waals surface area (Å²) < 4.78 is 26.6. The number of hydrogen-bond acceptors (Lipinski definition) is 6. The fourth-order valence-corrected chi connectivity index (χ4v) is 5.02. The Kier molecular flexibility index (Phi) is 11.3. The number of aromatic amines is 2. The van der Waals surface area contributed by atoms with E-state index in [0.717, 1.165) is 35.2 Å². The molecule has 258 valence electrons. The summed E-state index contributed by atoms with van der Waals surface area (Å²) in [6.45, 7) is 18.1. The van der Waals surface area contributed by atoms with Crippen LogP contribution in [-0.4, -0.2) is 65.7 Å². The van der Waals surface area contributed by atoms with Crippen molar-refractivity contribution in [2.45, 2.75) is 105 Å². The number of hydrogen-bond donors (Lipinski definition) is 2. The SMILES string of the molecule is CCCN(Cc1nc(-c2ccc(-c3ccc(-c4c[nH]c(CN(C(=O)OC(C)(C)C)[C@@H](C)CC)n4)c(F)c3)cc2)c[nH]1)C(=O)OC(C)(C)C. The Morgan fingerprint density at radius 3 is 1.92 bits per heavy atom. The second-order valence-electron chi connectivity index (χ2n) is 14.0. The monoisotopic (exact) mass is 660 g/mol. The second kappa shape index (κ2) is 15.0. The van der Waals surface area contributed by atoms with Gasteiger partial charge in [-0.3, -0.25) is 4.90 Å². The molecule has 2 aromatic heterocycles. The van der Waals surface area contributed by atoms with Crippen molar-refractivity contribution in [3.05, 3.63) is 72.3 Å². The molecule has 0 aliphatic rings. The normalized spacial score (nSPS) is 12.5. The highest BCUT2D eigenvalue weighted by Gasteiger charge is 2.27. The number of imidazole rings is 2. The predicted molar refractivity (Wildman–Crippen MR) is 185 cm³/mol. The Labute approximate surface area is 283 Å². The van der Waals surface area contributed by atoms with E-state index in [-0.39, 0.29) is 18.7 Å². The van der Waals surface area contributed by atoms with E-state index in [4.69, 9.17) is 14.5 Å². The molecule has 4 aromatic rings. The van der Waals surface area contributed by atoms with Crippen molar-refractivity contribution in [3.63, 3.8) is 0 Å². The number of benzene rings is 2. The quantitative estimate of drug-likeness (QED) is 0.166. The highest BCUT2D eigenvalue weighted by Crippen LogP contribution is 2.29. The van der Waals surface area contributed by atoms with Crippen molar-refractivity contribution in [1.82, 2.24) is 29.7 Å². The number of amides is 2. The first-order chi connectivity index (χ1) is 22.6. The number of aromatic nitrogens is 4. The van der Waals surface area contributed by atoms with Gasteiger partial charge >= 0.3 is 12.2 Å². The van der Waals surface area contributed by atoms with Crippen LogP contribution < -0.4 is 0 Å². The van der Waals surface area contributed by atoms with E-state index >= 15 is 4.39 Å². The average molecular weight is 661 g/mol. The van der Waals surface area contributed by atoms with Gasteiger partial charge in [0.05, 0.1) is 24.5 Å². The van der Waals surface area contributed by atoms with Gasteiger partial charge in [0, 0.05) is 36.1 Å². The summed E-state index contributed by atoms with van der Waals surface area (Å²) in [6, 6.07) is 12.7. The van der Waals surface area contributed by atoms with Crippen molar-refractivity contribution in [2.24, 2.45) is 0 Å². The number of carbonyl (C=O) groups excluding carboxylic acids is 2. The molecule has 0 bridgehead atoms. The zero-order valence-corrected chi connectivity index (χ0v) is 29.6. The van der Waals surface area contributed by atoms with Crippen LogP contribution >= 0.6 is 0 Å². The maximum atomic E-state index is 15.5. The van der Waals surface area contributed by atoms with Gasteiger partial charge in [-0.25, -0.2) is 23.9 Å². The van der Waals surface area contributed by atoms with Crippen LogP contribution in [0.1, 0.15) is 86.8 Å². The van der Waals surface area contributed by atoms with E-state index in [1.54, 1.807) is 22.1 Å². The molecule has 0 unspecified atom stereocenters. The summed E-state index contributed by atoms with van der Waals surface area (Å²) in [4.78, 5) is 44.4. The number of halogens is 1. The maximum Gasteiger partial charge on any atom is 0.410 e. The number of nitrogens with one attached hydrogen (secondary N) is 2. The number of ether oxygens (including phenoxy) is 2. The highest BCUT2D eigenvalue weighted by atomic mass is 19.1. The molecule has 11 heteroatoms. The molecule has 0 radical (unpaired) electrons. The van der Waals surface area contributed by atoms with Crippen molar-refractivity contribution >= 4 is 12.2 Å². The van der Waals surface area contributed by atoms with Gasteiger partial charge in [-0.1, -0.05) is 44.2 Å². The first-order valence-electron chi connectivity index (χ1n) is 16.5. The molecule has 0 saturated heterocycles. The zero-order valence-electron chi connectivity index (χ0n) is 29.6. The molecular weight excluding hydrogens is 611 g/mol. The summed E-state index contributed by atoms with van der Waals surface area (Å²) in [5.74, 6) is 0.795. The second-order valence-corrected chi connectivity index (χ2v) is 14.0.